The van der Waals surface area contributed by atoms with Gasteiger partial charge in [-0.25, -0.2) is 0 Å². The van der Waals surface area contributed by atoms with Crippen LogP contribution in [0.2, 0.25) is 0 Å². The van der Waals surface area contributed by atoms with Gasteiger partial charge in [-0.1, -0.05) is 36.7 Å². The lowest BCUT2D eigenvalue weighted by Gasteiger charge is -2.12. The van der Waals surface area contributed by atoms with Gasteiger partial charge in [0.05, 0.1) is 0 Å². The highest BCUT2D eigenvalue weighted by atomic mass is 32.1. The minimum Gasteiger partial charge on any atom is -0.0889 e. The standard InChI is InChI=1S/C6H6S3/c7-4-1-5(8)3-6(9)2-4/h1-3H2. The second-order valence-corrected chi connectivity index (χ2v) is 3.88. The molecule has 3 heteroatoms. The van der Waals surface area contributed by atoms with Crippen molar-refractivity contribution in [1.82, 2.24) is 0 Å². The fourth-order valence-corrected chi connectivity index (χ4v) is 2.17. The molecule has 0 aromatic heterocycles. The Morgan fingerprint density at radius 2 is 0.889 bits per heavy atom. The van der Waals surface area contributed by atoms with Gasteiger partial charge in [0.2, 0.25) is 0 Å². The predicted octanol–water partition coefficient (Wildman–Crippen LogP) is 2.28. The fourth-order valence-electron chi connectivity index (χ4n) is 0.847. The molecular formula is C6H6S3. The van der Waals surface area contributed by atoms with Gasteiger partial charge in [0.25, 0.3) is 0 Å². The molecule has 0 spiro atoms. The van der Waals surface area contributed by atoms with Crippen molar-refractivity contribution in [3.63, 3.8) is 0 Å². The molecule has 0 aliphatic heterocycles. The zero-order chi connectivity index (χ0) is 6.85. The first-order chi connectivity index (χ1) is 4.18. The third-order valence-electron chi connectivity index (χ3n) is 1.18. The first-order valence-electron chi connectivity index (χ1n) is 2.73. The summed E-state index contributed by atoms with van der Waals surface area (Å²) < 4.78 is 0. The van der Waals surface area contributed by atoms with Crippen LogP contribution in [0.3, 0.4) is 0 Å². The van der Waals surface area contributed by atoms with Crippen LogP contribution in [0.1, 0.15) is 19.3 Å². The molecule has 0 aromatic carbocycles. The van der Waals surface area contributed by atoms with E-state index >= 15 is 0 Å². The maximum Gasteiger partial charge on any atom is 0.0109 e. The van der Waals surface area contributed by atoms with Gasteiger partial charge in [0, 0.05) is 33.9 Å². The van der Waals surface area contributed by atoms with Crippen molar-refractivity contribution in [2.24, 2.45) is 0 Å². The maximum atomic E-state index is 4.98. The average Bonchev–Trinajstić information content (AvgIpc) is 1.59. The van der Waals surface area contributed by atoms with Crippen LogP contribution in [-0.4, -0.2) is 14.6 Å². The van der Waals surface area contributed by atoms with E-state index in [-0.39, 0.29) is 0 Å². The van der Waals surface area contributed by atoms with Gasteiger partial charge in [-0.2, -0.15) is 0 Å². The van der Waals surface area contributed by atoms with E-state index in [9.17, 15) is 0 Å². The summed E-state index contributed by atoms with van der Waals surface area (Å²) in [4.78, 5) is 3.03. The summed E-state index contributed by atoms with van der Waals surface area (Å²) in [5, 5.41) is 0. The second kappa shape index (κ2) is 2.90. The van der Waals surface area contributed by atoms with Crippen molar-refractivity contribution in [2.75, 3.05) is 0 Å². The molecule has 48 valence electrons. The van der Waals surface area contributed by atoms with Gasteiger partial charge in [-0.3, -0.25) is 0 Å². The van der Waals surface area contributed by atoms with Crippen LogP contribution < -0.4 is 0 Å². The van der Waals surface area contributed by atoms with E-state index in [0.717, 1.165) is 33.9 Å². The highest BCUT2D eigenvalue weighted by Gasteiger charge is 2.13. The maximum absolute atomic E-state index is 4.98. The Kier molecular flexibility index (Phi) is 2.38. The SMILES string of the molecule is S=C1CC(=S)CC(=S)C1. The van der Waals surface area contributed by atoms with Gasteiger partial charge < -0.3 is 0 Å². The quantitative estimate of drug-likeness (QED) is 0.517. The average molecular weight is 174 g/mol. The van der Waals surface area contributed by atoms with Crippen LogP contribution in [0.15, 0.2) is 0 Å². The molecule has 0 amide bonds. The van der Waals surface area contributed by atoms with Crippen molar-refractivity contribution >= 4 is 51.2 Å². The lowest BCUT2D eigenvalue weighted by atomic mass is 10.0. The summed E-state index contributed by atoms with van der Waals surface area (Å²) in [5.74, 6) is 0. The molecule has 1 fully saturated rings. The Labute approximate surface area is 70.6 Å². The highest BCUT2D eigenvalue weighted by molar-refractivity contribution is 7.84. The zero-order valence-corrected chi connectivity index (χ0v) is 7.30. The minimum absolute atomic E-state index is 0.838. The third-order valence-corrected chi connectivity index (χ3v) is 2.05. The van der Waals surface area contributed by atoms with Gasteiger partial charge in [0.15, 0.2) is 0 Å². The normalized spacial score (nSPS) is 20.7. The number of hydrogen-bond donors (Lipinski definition) is 0. The van der Waals surface area contributed by atoms with E-state index in [1.807, 2.05) is 0 Å². The Bertz CT molecular complexity index is 135. The summed E-state index contributed by atoms with van der Waals surface area (Å²) in [6, 6.07) is 0. The van der Waals surface area contributed by atoms with E-state index in [4.69, 9.17) is 36.7 Å². The van der Waals surface area contributed by atoms with Crippen molar-refractivity contribution in [3.05, 3.63) is 0 Å². The molecule has 9 heavy (non-hydrogen) atoms. The van der Waals surface area contributed by atoms with Crippen LogP contribution >= 0.6 is 36.7 Å². The number of rotatable bonds is 0. The molecule has 0 atom stereocenters. The van der Waals surface area contributed by atoms with Gasteiger partial charge >= 0.3 is 0 Å². The van der Waals surface area contributed by atoms with Gasteiger partial charge in [0.1, 0.15) is 0 Å². The molecule has 0 radical (unpaired) electrons. The Morgan fingerprint density at radius 3 is 1.11 bits per heavy atom. The van der Waals surface area contributed by atoms with Crippen LogP contribution in [0, 0.1) is 0 Å². The molecule has 0 heterocycles. The fraction of sp³-hybridized carbons (Fsp3) is 0.500. The smallest absolute Gasteiger partial charge is 0.0109 e. The minimum atomic E-state index is 0.838. The molecule has 0 aromatic rings. The molecule has 1 aliphatic carbocycles. The van der Waals surface area contributed by atoms with Crippen molar-refractivity contribution in [2.45, 2.75) is 19.3 Å². The monoisotopic (exact) mass is 174 g/mol. The molecule has 1 saturated carbocycles. The lowest BCUT2D eigenvalue weighted by molar-refractivity contribution is 1.38. The molecule has 0 bridgehead atoms. The third kappa shape index (κ3) is 2.16. The highest BCUT2D eigenvalue weighted by Crippen LogP contribution is 2.11. The largest absolute Gasteiger partial charge is 0.0889 e. The molecule has 0 saturated heterocycles. The van der Waals surface area contributed by atoms with E-state index in [1.165, 1.54) is 0 Å². The van der Waals surface area contributed by atoms with Gasteiger partial charge in [-0.15, -0.1) is 0 Å². The lowest BCUT2D eigenvalue weighted by Crippen LogP contribution is -2.18. The number of thiocarbonyl (C=S) groups is 3. The van der Waals surface area contributed by atoms with Crippen LogP contribution in [0.4, 0.5) is 0 Å². The van der Waals surface area contributed by atoms with Crippen LogP contribution in [0.5, 0.6) is 0 Å². The summed E-state index contributed by atoms with van der Waals surface area (Å²) in [6.07, 6.45) is 2.51. The Hall–Kier alpha value is 0.270. The predicted molar refractivity (Wildman–Crippen MR) is 51.6 cm³/mol. The molecule has 0 nitrogen and oxygen atoms in total. The summed E-state index contributed by atoms with van der Waals surface area (Å²) in [6.45, 7) is 0. The molecule has 1 aliphatic rings. The van der Waals surface area contributed by atoms with E-state index in [2.05, 4.69) is 0 Å². The Morgan fingerprint density at radius 1 is 0.667 bits per heavy atom. The van der Waals surface area contributed by atoms with Crippen LogP contribution in [-0.2, 0) is 0 Å². The first-order valence-corrected chi connectivity index (χ1v) is 3.96. The molecule has 0 N–H and O–H groups in total. The van der Waals surface area contributed by atoms with E-state index < -0.39 is 0 Å². The molecule has 0 unspecified atom stereocenters. The summed E-state index contributed by atoms with van der Waals surface area (Å²) in [7, 11) is 0. The molecule has 1 rings (SSSR count). The first kappa shape index (κ1) is 7.38. The topological polar surface area (TPSA) is 0 Å². The van der Waals surface area contributed by atoms with Gasteiger partial charge in [-0.05, 0) is 0 Å². The van der Waals surface area contributed by atoms with Crippen molar-refractivity contribution in [3.8, 4) is 0 Å². The number of hydrogen-bond acceptors (Lipinski definition) is 3. The van der Waals surface area contributed by atoms with Crippen LogP contribution in [0.25, 0.3) is 0 Å². The van der Waals surface area contributed by atoms with E-state index in [0.29, 0.717) is 0 Å². The molecular weight excluding hydrogens is 168 g/mol. The Balaban J connectivity index is 2.64. The zero-order valence-electron chi connectivity index (χ0n) is 4.85. The second-order valence-electron chi connectivity index (χ2n) is 2.15. The summed E-state index contributed by atoms with van der Waals surface area (Å²) in [5.41, 5.74) is 0. The van der Waals surface area contributed by atoms with Crippen molar-refractivity contribution < 1.29 is 0 Å². The summed E-state index contributed by atoms with van der Waals surface area (Å²) >= 11 is 15.0. The van der Waals surface area contributed by atoms with E-state index in [1.54, 1.807) is 0 Å². The van der Waals surface area contributed by atoms with Crippen molar-refractivity contribution in [1.29, 1.82) is 0 Å².